The average Bonchev–Trinajstić information content (AvgIpc) is 3.34. The van der Waals surface area contributed by atoms with Crippen molar-refractivity contribution in [1.82, 2.24) is 19.1 Å². The summed E-state index contributed by atoms with van der Waals surface area (Å²) in [6, 6.07) is 19.3. The number of amides is 2. The summed E-state index contributed by atoms with van der Waals surface area (Å²) in [5.74, 6) is -0.829. The van der Waals surface area contributed by atoms with Crippen LogP contribution >= 0.6 is 0 Å². The largest absolute Gasteiger partial charge is 0.389 e. The summed E-state index contributed by atoms with van der Waals surface area (Å²) in [5, 5.41) is 15.2. The van der Waals surface area contributed by atoms with E-state index in [4.69, 9.17) is 0 Å². The van der Waals surface area contributed by atoms with Crippen LogP contribution in [0, 0.1) is 6.92 Å². The number of carbonyl (C=O) groups is 2. The zero-order chi connectivity index (χ0) is 22.4. The van der Waals surface area contributed by atoms with E-state index in [0.717, 1.165) is 10.5 Å². The molecule has 5 rings (SSSR count). The molecule has 2 aromatic heterocycles. The van der Waals surface area contributed by atoms with Gasteiger partial charge in [0.25, 0.3) is 17.4 Å². The molecule has 160 valence electrons. The summed E-state index contributed by atoms with van der Waals surface area (Å²) in [6.07, 6.45) is -1.03. The van der Waals surface area contributed by atoms with Gasteiger partial charge in [-0.1, -0.05) is 42.5 Å². The van der Waals surface area contributed by atoms with Crippen molar-refractivity contribution in [3.8, 4) is 11.3 Å². The molecule has 1 aliphatic rings. The third-order valence-corrected chi connectivity index (χ3v) is 5.67. The molecule has 2 aromatic carbocycles. The number of aliphatic hydroxyl groups is 1. The number of hydrogen-bond donors (Lipinski definition) is 1. The molecule has 32 heavy (non-hydrogen) atoms. The van der Waals surface area contributed by atoms with E-state index in [9.17, 15) is 19.5 Å². The van der Waals surface area contributed by atoms with Gasteiger partial charge in [0, 0.05) is 23.4 Å². The number of carbonyl (C=O) groups excluding carboxylic acids is 2. The van der Waals surface area contributed by atoms with Crippen LogP contribution in [0.3, 0.4) is 0 Å². The van der Waals surface area contributed by atoms with Crippen molar-refractivity contribution < 1.29 is 14.7 Å². The number of hydrogen-bond acceptors (Lipinski definition) is 5. The molecule has 2 amide bonds. The predicted molar refractivity (Wildman–Crippen MR) is 117 cm³/mol. The zero-order valence-corrected chi connectivity index (χ0v) is 17.3. The van der Waals surface area contributed by atoms with Gasteiger partial charge in [-0.15, -0.1) is 0 Å². The lowest BCUT2D eigenvalue weighted by Crippen LogP contribution is -2.39. The number of aryl methyl sites for hydroxylation is 1. The van der Waals surface area contributed by atoms with Gasteiger partial charge in [0.2, 0.25) is 0 Å². The van der Waals surface area contributed by atoms with Crippen molar-refractivity contribution in [2.45, 2.75) is 19.6 Å². The Labute approximate surface area is 183 Å². The molecule has 1 atom stereocenters. The van der Waals surface area contributed by atoms with E-state index in [2.05, 4.69) is 5.10 Å². The molecule has 8 heteroatoms. The van der Waals surface area contributed by atoms with Crippen LogP contribution in [0.15, 0.2) is 71.5 Å². The number of β-amino-alcohol motifs (C(OH)–C–C–N with tert-alkyl or cyclic N) is 1. The smallest absolute Gasteiger partial charge is 0.274 e. The van der Waals surface area contributed by atoms with Crippen molar-refractivity contribution in [1.29, 1.82) is 0 Å². The third-order valence-electron chi connectivity index (χ3n) is 5.67. The lowest BCUT2D eigenvalue weighted by molar-refractivity contribution is 0.0521. The predicted octanol–water partition coefficient (Wildman–Crippen LogP) is 2.13. The summed E-state index contributed by atoms with van der Waals surface area (Å²) < 4.78 is 3.06. The van der Waals surface area contributed by atoms with Gasteiger partial charge in [-0.3, -0.25) is 19.3 Å². The minimum atomic E-state index is -1.03. The molecular formula is C24H20N4O4. The topological polar surface area (TPSA) is 96.9 Å². The molecule has 0 saturated heterocycles. The summed E-state index contributed by atoms with van der Waals surface area (Å²) in [5.41, 5.74) is 3.08. The van der Waals surface area contributed by atoms with E-state index in [-0.39, 0.29) is 18.6 Å². The number of nitrogens with zero attached hydrogens (tertiary/aromatic N) is 4. The molecule has 3 heterocycles. The van der Waals surface area contributed by atoms with Crippen LogP contribution in [-0.2, 0) is 6.54 Å². The maximum atomic E-state index is 12.6. The van der Waals surface area contributed by atoms with E-state index in [1.165, 1.54) is 10.6 Å². The van der Waals surface area contributed by atoms with Crippen LogP contribution in [0.2, 0.25) is 0 Å². The first-order valence-electron chi connectivity index (χ1n) is 10.2. The van der Waals surface area contributed by atoms with Gasteiger partial charge in [0.15, 0.2) is 0 Å². The van der Waals surface area contributed by atoms with Crippen molar-refractivity contribution in [2.75, 3.05) is 6.54 Å². The Bertz CT molecular complexity index is 1390. The summed E-state index contributed by atoms with van der Waals surface area (Å²) >= 11 is 0. The highest BCUT2D eigenvalue weighted by atomic mass is 16.3. The van der Waals surface area contributed by atoms with Crippen LogP contribution in [-0.4, -0.2) is 48.7 Å². The SMILES string of the molecule is Cc1cc(=O)n2nc(-c3ccccc3)cc2n1CC(O)CN1C(=O)c2ccccc2C1=O. The highest BCUT2D eigenvalue weighted by Gasteiger charge is 2.36. The molecule has 1 N–H and O–H groups in total. The Kier molecular flexibility index (Phi) is 4.71. The Morgan fingerprint density at radius 1 is 0.875 bits per heavy atom. The van der Waals surface area contributed by atoms with E-state index < -0.39 is 17.9 Å². The van der Waals surface area contributed by atoms with Gasteiger partial charge >= 0.3 is 0 Å². The molecule has 1 aliphatic heterocycles. The molecule has 0 aliphatic carbocycles. The lowest BCUT2D eigenvalue weighted by atomic mass is 10.1. The highest BCUT2D eigenvalue weighted by Crippen LogP contribution is 2.23. The minimum Gasteiger partial charge on any atom is -0.389 e. The first kappa shape index (κ1) is 19.9. The van der Waals surface area contributed by atoms with Crippen LogP contribution < -0.4 is 5.56 Å². The third kappa shape index (κ3) is 3.21. The molecule has 1 unspecified atom stereocenters. The van der Waals surface area contributed by atoms with Crippen LogP contribution in [0.25, 0.3) is 16.9 Å². The van der Waals surface area contributed by atoms with Crippen LogP contribution in [0.5, 0.6) is 0 Å². The highest BCUT2D eigenvalue weighted by molar-refractivity contribution is 6.21. The zero-order valence-electron chi connectivity index (χ0n) is 17.3. The van der Waals surface area contributed by atoms with Crippen LogP contribution in [0.4, 0.5) is 0 Å². The van der Waals surface area contributed by atoms with E-state index >= 15 is 0 Å². The van der Waals surface area contributed by atoms with Gasteiger partial charge < -0.3 is 9.67 Å². The first-order valence-corrected chi connectivity index (χ1v) is 10.2. The molecule has 0 bridgehead atoms. The number of benzene rings is 2. The summed E-state index contributed by atoms with van der Waals surface area (Å²) in [4.78, 5) is 38.8. The second kappa shape index (κ2) is 7.58. The fourth-order valence-electron chi connectivity index (χ4n) is 4.10. The second-order valence-corrected chi connectivity index (χ2v) is 7.82. The number of aromatic nitrogens is 3. The molecular weight excluding hydrogens is 408 g/mol. The number of aliphatic hydroxyl groups excluding tert-OH is 1. The van der Waals surface area contributed by atoms with Crippen molar-refractivity contribution in [3.63, 3.8) is 0 Å². The number of rotatable bonds is 5. The molecule has 0 fully saturated rings. The Morgan fingerprint density at radius 3 is 2.16 bits per heavy atom. The maximum absolute atomic E-state index is 12.6. The number of imide groups is 1. The first-order chi connectivity index (χ1) is 15.4. The molecule has 4 aromatic rings. The molecule has 0 radical (unpaired) electrons. The molecule has 0 saturated carbocycles. The standard InChI is InChI=1S/C24H20N4O4/c1-15-11-22(30)28-21(12-20(25-28)16-7-3-2-4-8-16)26(15)13-17(29)14-27-23(31)18-9-5-6-10-19(18)24(27)32/h2-12,17,29H,13-14H2,1H3. The maximum Gasteiger partial charge on any atom is 0.274 e. The van der Waals surface area contributed by atoms with Gasteiger partial charge in [0.1, 0.15) is 5.65 Å². The van der Waals surface area contributed by atoms with Gasteiger partial charge in [-0.05, 0) is 19.1 Å². The van der Waals surface area contributed by atoms with Crippen molar-refractivity contribution in [2.24, 2.45) is 0 Å². The van der Waals surface area contributed by atoms with Crippen molar-refractivity contribution >= 4 is 17.5 Å². The summed E-state index contributed by atoms with van der Waals surface area (Å²) in [6.45, 7) is 1.71. The Hall–Kier alpha value is -4.04. The monoisotopic (exact) mass is 428 g/mol. The molecule has 8 nitrogen and oxygen atoms in total. The van der Waals surface area contributed by atoms with E-state index in [1.54, 1.807) is 41.8 Å². The Balaban J connectivity index is 1.45. The van der Waals surface area contributed by atoms with Crippen LogP contribution in [0.1, 0.15) is 26.4 Å². The minimum absolute atomic E-state index is 0.0863. The van der Waals surface area contributed by atoms with Gasteiger partial charge in [0.05, 0.1) is 36.0 Å². The van der Waals surface area contributed by atoms with Gasteiger partial charge in [-0.2, -0.15) is 9.61 Å². The number of fused-ring (bicyclic) bond motifs is 2. The fourth-order valence-corrected chi connectivity index (χ4v) is 4.10. The Morgan fingerprint density at radius 2 is 1.50 bits per heavy atom. The van der Waals surface area contributed by atoms with Crippen molar-refractivity contribution in [3.05, 3.63) is 93.9 Å². The quantitative estimate of drug-likeness (QED) is 0.491. The molecule has 0 spiro atoms. The average molecular weight is 428 g/mol. The van der Waals surface area contributed by atoms with E-state index in [1.807, 2.05) is 30.3 Å². The normalized spacial score (nSPS) is 14.2. The fraction of sp³-hybridized carbons (Fsp3) is 0.167. The lowest BCUT2D eigenvalue weighted by Gasteiger charge is -2.21. The van der Waals surface area contributed by atoms with E-state index in [0.29, 0.717) is 28.2 Å². The van der Waals surface area contributed by atoms with Gasteiger partial charge in [-0.25, -0.2) is 0 Å². The summed E-state index contributed by atoms with van der Waals surface area (Å²) in [7, 11) is 0. The second-order valence-electron chi connectivity index (χ2n) is 7.82.